The fourth-order valence-corrected chi connectivity index (χ4v) is 2.38. The molecule has 1 aromatic carbocycles. The maximum Gasteiger partial charge on any atom is 0.293 e. The lowest BCUT2D eigenvalue weighted by Gasteiger charge is -2.34. The van der Waals surface area contributed by atoms with Gasteiger partial charge >= 0.3 is 0 Å². The van der Waals surface area contributed by atoms with Crippen molar-refractivity contribution in [2.24, 2.45) is 11.7 Å². The maximum atomic E-state index is 11.5. The van der Waals surface area contributed by atoms with Gasteiger partial charge in [-0.1, -0.05) is 13.8 Å². The van der Waals surface area contributed by atoms with Crippen LogP contribution in [0.4, 0.5) is 11.4 Å². The topological polar surface area (TPSA) is 115 Å². The number of nitrogens with two attached hydrogens (primary N) is 1. The molecule has 7 nitrogen and oxygen atoms in total. The van der Waals surface area contributed by atoms with E-state index in [1.165, 1.54) is 12.1 Å². The summed E-state index contributed by atoms with van der Waals surface area (Å²) in [4.78, 5) is 10.5. The fraction of sp³-hybridized carbons (Fsp3) is 0.538. The summed E-state index contributed by atoms with van der Waals surface area (Å²) in [5.74, 6) is 0.136. The van der Waals surface area contributed by atoms with E-state index in [0.29, 0.717) is 0 Å². The van der Waals surface area contributed by atoms with Crippen LogP contribution >= 0.6 is 0 Å². The number of nitro groups is 1. The maximum absolute atomic E-state index is 11.5. The third-order valence-electron chi connectivity index (χ3n) is 3.71. The lowest BCUT2D eigenvalue weighted by atomic mass is 9.88. The molecule has 21 heavy (non-hydrogen) atoms. The second-order valence-electron chi connectivity index (χ2n) is 5.61. The third kappa shape index (κ3) is 3.92. The molecule has 1 unspecified atom stereocenters. The molecule has 118 valence electrons. The van der Waals surface area contributed by atoms with Gasteiger partial charge in [0.05, 0.1) is 9.82 Å². The minimum Gasteiger partial charge on any atom is -0.373 e. The molecule has 0 aliphatic carbocycles. The Bertz CT molecular complexity index is 643. The van der Waals surface area contributed by atoms with Crippen LogP contribution in [-0.4, -0.2) is 31.7 Å². The van der Waals surface area contributed by atoms with Crippen LogP contribution in [0.5, 0.6) is 0 Å². The van der Waals surface area contributed by atoms with Gasteiger partial charge in [-0.25, -0.2) is 8.42 Å². The molecule has 0 saturated carbocycles. The average Bonchev–Trinajstić information content (AvgIpc) is 2.37. The van der Waals surface area contributed by atoms with Crippen molar-refractivity contribution in [2.75, 3.05) is 18.1 Å². The van der Waals surface area contributed by atoms with Crippen LogP contribution in [0.3, 0.4) is 0 Å². The Hall–Kier alpha value is -1.67. The van der Waals surface area contributed by atoms with Gasteiger partial charge in [-0.05, 0) is 25.0 Å². The molecule has 0 fully saturated rings. The van der Waals surface area contributed by atoms with Crippen molar-refractivity contribution in [2.45, 2.75) is 31.2 Å². The largest absolute Gasteiger partial charge is 0.373 e. The van der Waals surface area contributed by atoms with Gasteiger partial charge < -0.3 is 11.1 Å². The summed E-state index contributed by atoms with van der Waals surface area (Å²) < 4.78 is 23.0. The Kier molecular flexibility index (Phi) is 4.95. The SMILES string of the molecule is CC(C)C(C)(CN)Nc1ccc(S(C)(=O)=O)cc1[N+](=O)[O-]. The number of nitrogens with one attached hydrogen (secondary N) is 1. The molecular weight excluding hydrogens is 294 g/mol. The molecule has 0 aromatic heterocycles. The Morgan fingerprint density at radius 3 is 2.38 bits per heavy atom. The molecule has 1 atom stereocenters. The molecule has 0 saturated heterocycles. The Morgan fingerprint density at radius 1 is 1.43 bits per heavy atom. The molecule has 0 aliphatic heterocycles. The van der Waals surface area contributed by atoms with Gasteiger partial charge in [-0.15, -0.1) is 0 Å². The smallest absolute Gasteiger partial charge is 0.293 e. The van der Waals surface area contributed by atoms with E-state index in [0.717, 1.165) is 12.3 Å². The first-order chi connectivity index (χ1) is 9.51. The number of nitro benzene ring substituents is 1. The lowest BCUT2D eigenvalue weighted by Crippen LogP contribution is -2.47. The normalized spacial score (nSPS) is 14.8. The summed E-state index contributed by atoms with van der Waals surface area (Å²) in [6.07, 6.45) is 1.01. The summed E-state index contributed by atoms with van der Waals surface area (Å²) in [5, 5.41) is 14.3. The number of rotatable bonds is 6. The predicted molar refractivity (Wildman–Crippen MR) is 82.1 cm³/mol. The molecule has 0 spiro atoms. The second-order valence-corrected chi connectivity index (χ2v) is 7.63. The Labute approximate surface area is 124 Å². The molecule has 0 aliphatic rings. The van der Waals surface area contributed by atoms with Crippen LogP contribution in [-0.2, 0) is 9.84 Å². The van der Waals surface area contributed by atoms with E-state index >= 15 is 0 Å². The van der Waals surface area contributed by atoms with Crippen molar-refractivity contribution in [3.05, 3.63) is 28.3 Å². The highest BCUT2D eigenvalue weighted by Crippen LogP contribution is 2.31. The number of benzene rings is 1. The predicted octanol–water partition coefficient (Wildman–Crippen LogP) is 1.78. The van der Waals surface area contributed by atoms with Gasteiger partial charge in [-0.3, -0.25) is 10.1 Å². The molecule has 1 rings (SSSR count). The minimum atomic E-state index is -3.50. The number of anilines is 1. The molecule has 0 amide bonds. The molecular formula is C13H21N3O4S. The van der Waals surface area contributed by atoms with Crippen molar-refractivity contribution < 1.29 is 13.3 Å². The Balaban J connectivity index is 3.35. The summed E-state index contributed by atoms with van der Waals surface area (Å²) >= 11 is 0. The van der Waals surface area contributed by atoms with E-state index in [1.54, 1.807) is 0 Å². The van der Waals surface area contributed by atoms with Gasteiger partial charge in [-0.2, -0.15) is 0 Å². The van der Waals surface area contributed by atoms with Crippen LogP contribution in [0.15, 0.2) is 23.1 Å². The average molecular weight is 315 g/mol. The molecule has 3 N–H and O–H groups in total. The van der Waals surface area contributed by atoms with Crippen LogP contribution < -0.4 is 11.1 Å². The van der Waals surface area contributed by atoms with E-state index < -0.39 is 20.3 Å². The van der Waals surface area contributed by atoms with Crippen LogP contribution in [0.1, 0.15) is 20.8 Å². The van der Waals surface area contributed by atoms with E-state index in [1.807, 2.05) is 20.8 Å². The van der Waals surface area contributed by atoms with E-state index in [4.69, 9.17) is 5.73 Å². The minimum absolute atomic E-state index is 0.0845. The lowest BCUT2D eigenvalue weighted by molar-refractivity contribution is -0.384. The van der Waals surface area contributed by atoms with Gasteiger partial charge in [0.2, 0.25) is 0 Å². The first-order valence-corrected chi connectivity index (χ1v) is 8.37. The number of nitrogens with zero attached hydrogens (tertiary/aromatic N) is 1. The third-order valence-corrected chi connectivity index (χ3v) is 4.82. The first kappa shape index (κ1) is 17.4. The van der Waals surface area contributed by atoms with E-state index in [2.05, 4.69) is 5.32 Å². The molecule has 0 heterocycles. The number of hydrogen-bond acceptors (Lipinski definition) is 6. The monoisotopic (exact) mass is 315 g/mol. The summed E-state index contributed by atoms with van der Waals surface area (Å²) in [6, 6.07) is 3.82. The van der Waals surface area contributed by atoms with Crippen molar-refractivity contribution in [3.63, 3.8) is 0 Å². The van der Waals surface area contributed by atoms with Crippen molar-refractivity contribution >= 4 is 21.2 Å². The first-order valence-electron chi connectivity index (χ1n) is 6.48. The van der Waals surface area contributed by atoms with Crippen LogP contribution in [0.25, 0.3) is 0 Å². The van der Waals surface area contributed by atoms with Crippen LogP contribution in [0.2, 0.25) is 0 Å². The Morgan fingerprint density at radius 2 is 2.00 bits per heavy atom. The van der Waals surface area contributed by atoms with Gasteiger partial charge in [0, 0.05) is 24.4 Å². The quantitative estimate of drug-likeness (QED) is 0.610. The van der Waals surface area contributed by atoms with Gasteiger partial charge in [0.25, 0.3) is 5.69 Å². The zero-order valence-electron chi connectivity index (χ0n) is 12.6. The standard InChI is InChI=1S/C13H21N3O4S/c1-9(2)13(3,8-14)15-11-6-5-10(21(4,19)20)7-12(11)16(17)18/h5-7,9,15H,8,14H2,1-4H3. The van der Waals surface area contributed by atoms with Crippen molar-refractivity contribution in [1.29, 1.82) is 0 Å². The second kappa shape index (κ2) is 5.98. The molecule has 8 heteroatoms. The van der Waals surface area contributed by atoms with Crippen molar-refractivity contribution in [1.82, 2.24) is 0 Å². The zero-order chi connectivity index (χ0) is 16.4. The number of sulfone groups is 1. The van der Waals surface area contributed by atoms with E-state index in [9.17, 15) is 18.5 Å². The van der Waals surface area contributed by atoms with Gasteiger partial charge in [0.15, 0.2) is 9.84 Å². The molecule has 1 aromatic rings. The molecule has 0 radical (unpaired) electrons. The highest BCUT2D eigenvalue weighted by Gasteiger charge is 2.29. The number of hydrogen-bond donors (Lipinski definition) is 2. The summed E-state index contributed by atoms with van der Waals surface area (Å²) in [5.41, 5.74) is 5.20. The molecule has 0 bridgehead atoms. The summed E-state index contributed by atoms with van der Waals surface area (Å²) in [6.45, 7) is 6.06. The van der Waals surface area contributed by atoms with E-state index in [-0.39, 0.29) is 28.7 Å². The van der Waals surface area contributed by atoms with Gasteiger partial charge in [0.1, 0.15) is 5.69 Å². The highest BCUT2D eigenvalue weighted by molar-refractivity contribution is 7.90. The van der Waals surface area contributed by atoms with Crippen molar-refractivity contribution in [3.8, 4) is 0 Å². The summed E-state index contributed by atoms with van der Waals surface area (Å²) in [7, 11) is -3.50. The van der Waals surface area contributed by atoms with Crippen LogP contribution in [0, 0.1) is 16.0 Å². The fourth-order valence-electron chi connectivity index (χ4n) is 1.74. The highest BCUT2D eigenvalue weighted by atomic mass is 32.2. The zero-order valence-corrected chi connectivity index (χ0v) is 13.4.